The quantitative estimate of drug-likeness (QED) is 0.850. The molecule has 1 amide bonds. The molecule has 0 aromatic heterocycles. The van der Waals surface area contributed by atoms with E-state index in [2.05, 4.69) is 0 Å². The van der Waals surface area contributed by atoms with Crippen molar-refractivity contribution in [1.29, 1.82) is 0 Å². The Balaban J connectivity index is 2.29. The normalized spacial score (nSPS) is 20.6. The van der Waals surface area contributed by atoms with Crippen molar-refractivity contribution >= 4 is 11.6 Å². The van der Waals surface area contributed by atoms with Gasteiger partial charge in [-0.2, -0.15) is 0 Å². The van der Waals surface area contributed by atoms with Crippen LogP contribution in [0, 0.1) is 5.82 Å². The van der Waals surface area contributed by atoms with Crippen molar-refractivity contribution in [1.82, 2.24) is 0 Å². The van der Waals surface area contributed by atoms with E-state index < -0.39 is 17.4 Å². The summed E-state index contributed by atoms with van der Waals surface area (Å²) in [5.74, 6) is -1.15. The van der Waals surface area contributed by atoms with Gasteiger partial charge < -0.3 is 9.64 Å². The average Bonchev–Trinajstić information content (AvgIpc) is 2.70. The highest BCUT2D eigenvalue weighted by Crippen LogP contribution is 2.48. The molecule has 21 heavy (non-hydrogen) atoms. The number of methoxy groups -OCH3 is 1. The largest absolute Gasteiger partial charge is 0.497 e. The lowest BCUT2D eigenvalue weighted by Gasteiger charge is -2.20. The van der Waals surface area contributed by atoms with E-state index in [0.717, 1.165) is 6.07 Å². The standard InChI is InChI=1S/C16H13F2NO2/c1-19-14-8-7-10(21-2)9-12(14)16(18,15(19)20)11-5-3-4-6-13(11)17/h3-9H,1-2H3/t16-/m0/s1. The molecule has 1 aliphatic rings. The Morgan fingerprint density at radius 1 is 1.14 bits per heavy atom. The Bertz CT molecular complexity index is 732. The fourth-order valence-electron chi connectivity index (χ4n) is 2.67. The minimum atomic E-state index is -2.54. The van der Waals surface area contributed by atoms with Crippen LogP contribution >= 0.6 is 0 Å². The zero-order valence-corrected chi connectivity index (χ0v) is 11.6. The molecule has 0 fully saturated rings. The number of halogens is 2. The first-order valence-electron chi connectivity index (χ1n) is 6.40. The van der Waals surface area contributed by atoms with Crippen LogP contribution in [0.2, 0.25) is 0 Å². The van der Waals surface area contributed by atoms with Crippen molar-refractivity contribution in [3.63, 3.8) is 0 Å². The predicted molar refractivity (Wildman–Crippen MR) is 74.7 cm³/mol. The molecule has 2 aromatic carbocycles. The van der Waals surface area contributed by atoms with Crippen LogP contribution < -0.4 is 9.64 Å². The number of alkyl halides is 1. The van der Waals surface area contributed by atoms with Crippen LogP contribution in [0.4, 0.5) is 14.5 Å². The molecular formula is C16H13F2NO2. The number of rotatable bonds is 2. The fraction of sp³-hybridized carbons (Fsp3) is 0.188. The summed E-state index contributed by atoms with van der Waals surface area (Å²) in [6.45, 7) is 0. The predicted octanol–water partition coefficient (Wildman–Crippen LogP) is 3.02. The first kappa shape index (κ1) is 13.5. The SMILES string of the molecule is COc1ccc2c(c1)[C@@](F)(c1ccccc1F)C(=O)N2C. The van der Waals surface area contributed by atoms with Crippen LogP contribution in [0.5, 0.6) is 5.75 Å². The van der Waals surface area contributed by atoms with Crippen LogP contribution in [-0.2, 0) is 10.5 Å². The number of benzene rings is 2. The van der Waals surface area contributed by atoms with E-state index in [-0.39, 0.29) is 11.1 Å². The molecule has 0 bridgehead atoms. The molecule has 3 nitrogen and oxygen atoms in total. The van der Waals surface area contributed by atoms with Gasteiger partial charge in [0.2, 0.25) is 5.67 Å². The lowest BCUT2D eigenvalue weighted by atomic mass is 9.89. The number of hydrogen-bond donors (Lipinski definition) is 0. The number of anilines is 1. The van der Waals surface area contributed by atoms with Crippen molar-refractivity contribution in [2.75, 3.05) is 19.1 Å². The Hall–Kier alpha value is -2.43. The maximum absolute atomic E-state index is 15.6. The number of ether oxygens (including phenoxy) is 1. The van der Waals surface area contributed by atoms with Gasteiger partial charge in [-0.1, -0.05) is 18.2 Å². The van der Waals surface area contributed by atoms with Gasteiger partial charge in [-0.3, -0.25) is 4.79 Å². The summed E-state index contributed by atoms with van der Waals surface area (Å²) in [6.07, 6.45) is 0. The third kappa shape index (κ3) is 1.73. The van der Waals surface area contributed by atoms with Crippen molar-refractivity contribution in [3.05, 3.63) is 59.4 Å². The number of amides is 1. The molecule has 0 saturated carbocycles. The molecule has 0 unspecified atom stereocenters. The summed E-state index contributed by atoms with van der Waals surface area (Å²) in [5.41, 5.74) is -2.32. The van der Waals surface area contributed by atoms with Crippen molar-refractivity contribution in [2.24, 2.45) is 0 Å². The van der Waals surface area contributed by atoms with Gasteiger partial charge in [-0.15, -0.1) is 0 Å². The first-order valence-corrected chi connectivity index (χ1v) is 6.40. The van der Waals surface area contributed by atoms with Crippen LogP contribution in [0.3, 0.4) is 0 Å². The highest BCUT2D eigenvalue weighted by molar-refractivity contribution is 6.09. The number of likely N-dealkylation sites (N-methyl/N-ethyl adjacent to an activating group) is 1. The Labute approximate surface area is 120 Å². The van der Waals surface area contributed by atoms with Gasteiger partial charge in [-0.25, -0.2) is 8.78 Å². The zero-order valence-electron chi connectivity index (χ0n) is 11.6. The van der Waals surface area contributed by atoms with E-state index in [0.29, 0.717) is 11.4 Å². The van der Waals surface area contributed by atoms with Gasteiger partial charge in [0, 0.05) is 18.2 Å². The van der Waals surface area contributed by atoms with E-state index in [1.54, 1.807) is 12.1 Å². The van der Waals surface area contributed by atoms with Crippen LogP contribution in [0.25, 0.3) is 0 Å². The molecule has 1 heterocycles. The van der Waals surface area contributed by atoms with Gasteiger partial charge in [0.05, 0.1) is 12.8 Å². The smallest absolute Gasteiger partial charge is 0.274 e. The first-order chi connectivity index (χ1) is 10.00. The van der Waals surface area contributed by atoms with Crippen LogP contribution in [0.1, 0.15) is 11.1 Å². The van der Waals surface area contributed by atoms with Gasteiger partial charge in [-0.05, 0) is 24.3 Å². The van der Waals surface area contributed by atoms with E-state index in [1.165, 1.54) is 43.3 Å². The summed E-state index contributed by atoms with van der Waals surface area (Å²) in [4.78, 5) is 13.6. The molecular weight excluding hydrogens is 276 g/mol. The Morgan fingerprint density at radius 3 is 2.52 bits per heavy atom. The van der Waals surface area contributed by atoms with Gasteiger partial charge in [0.25, 0.3) is 5.91 Å². The summed E-state index contributed by atoms with van der Waals surface area (Å²) in [5, 5.41) is 0. The minimum Gasteiger partial charge on any atom is -0.497 e. The molecule has 1 atom stereocenters. The molecule has 0 spiro atoms. The van der Waals surface area contributed by atoms with E-state index in [9.17, 15) is 9.18 Å². The van der Waals surface area contributed by atoms with Gasteiger partial charge in [0.15, 0.2) is 0 Å². The van der Waals surface area contributed by atoms with E-state index >= 15 is 4.39 Å². The summed E-state index contributed by atoms with van der Waals surface area (Å²) < 4.78 is 34.7. The molecule has 3 rings (SSSR count). The summed E-state index contributed by atoms with van der Waals surface area (Å²) in [6, 6.07) is 10.0. The van der Waals surface area contributed by atoms with E-state index in [1.807, 2.05) is 0 Å². The number of carbonyl (C=O) groups is 1. The number of fused-ring (bicyclic) bond motifs is 1. The second-order valence-electron chi connectivity index (χ2n) is 4.89. The summed E-state index contributed by atoms with van der Waals surface area (Å²) in [7, 11) is 2.92. The molecule has 1 aliphatic heterocycles. The third-order valence-electron chi connectivity index (χ3n) is 3.78. The fourth-order valence-corrected chi connectivity index (χ4v) is 2.67. The van der Waals surface area contributed by atoms with Gasteiger partial charge >= 0.3 is 0 Å². The number of nitrogens with zero attached hydrogens (tertiary/aromatic N) is 1. The molecule has 0 saturated heterocycles. The van der Waals surface area contributed by atoms with Crippen molar-refractivity contribution < 1.29 is 18.3 Å². The minimum absolute atomic E-state index is 0.0967. The highest BCUT2D eigenvalue weighted by Gasteiger charge is 2.53. The number of carbonyl (C=O) groups excluding carboxylic acids is 1. The van der Waals surface area contributed by atoms with Crippen molar-refractivity contribution in [2.45, 2.75) is 5.67 Å². The van der Waals surface area contributed by atoms with Crippen molar-refractivity contribution in [3.8, 4) is 5.75 Å². The second kappa shape index (κ2) is 4.55. The maximum Gasteiger partial charge on any atom is 0.274 e. The lowest BCUT2D eigenvalue weighted by molar-refractivity contribution is -0.126. The van der Waals surface area contributed by atoms with Crippen LogP contribution in [0.15, 0.2) is 42.5 Å². The second-order valence-corrected chi connectivity index (χ2v) is 4.89. The highest BCUT2D eigenvalue weighted by atomic mass is 19.1. The zero-order chi connectivity index (χ0) is 15.2. The molecule has 108 valence electrons. The molecule has 0 aliphatic carbocycles. The molecule has 2 aromatic rings. The molecule has 0 radical (unpaired) electrons. The van der Waals surface area contributed by atoms with Gasteiger partial charge in [0.1, 0.15) is 11.6 Å². The summed E-state index contributed by atoms with van der Waals surface area (Å²) >= 11 is 0. The maximum atomic E-state index is 15.6. The third-order valence-corrected chi connectivity index (χ3v) is 3.78. The van der Waals surface area contributed by atoms with E-state index in [4.69, 9.17) is 4.74 Å². The Morgan fingerprint density at radius 2 is 1.86 bits per heavy atom. The van der Waals surface area contributed by atoms with Crippen LogP contribution in [-0.4, -0.2) is 20.1 Å². The average molecular weight is 289 g/mol. The number of hydrogen-bond acceptors (Lipinski definition) is 2. The Kier molecular flexibility index (Phi) is 2.93. The molecule has 5 heteroatoms. The lowest BCUT2D eigenvalue weighted by Crippen LogP contribution is -2.36. The molecule has 0 N–H and O–H groups in total. The monoisotopic (exact) mass is 289 g/mol. The topological polar surface area (TPSA) is 29.5 Å².